The van der Waals surface area contributed by atoms with Crippen LogP contribution in [0.3, 0.4) is 0 Å². The van der Waals surface area contributed by atoms with Gasteiger partial charge in [-0.2, -0.15) is 0 Å². The van der Waals surface area contributed by atoms with Crippen molar-refractivity contribution in [2.24, 2.45) is 23.5 Å². The van der Waals surface area contributed by atoms with Gasteiger partial charge in [-0.15, -0.1) is 0 Å². The SMILES string of the molecule is CC1CCCC(CN(C)CCC(N)C(C)C)C1. The summed E-state index contributed by atoms with van der Waals surface area (Å²) in [6.07, 6.45) is 6.88. The highest BCUT2D eigenvalue weighted by molar-refractivity contribution is 4.74. The quantitative estimate of drug-likeness (QED) is 0.773. The monoisotopic (exact) mass is 240 g/mol. The molecule has 2 nitrogen and oxygen atoms in total. The van der Waals surface area contributed by atoms with Crippen LogP contribution in [0.15, 0.2) is 0 Å². The summed E-state index contributed by atoms with van der Waals surface area (Å²) in [5.41, 5.74) is 6.09. The highest BCUT2D eigenvalue weighted by Crippen LogP contribution is 2.28. The van der Waals surface area contributed by atoms with E-state index in [0.717, 1.165) is 24.8 Å². The summed E-state index contributed by atoms with van der Waals surface area (Å²) in [5.74, 6) is 2.48. The summed E-state index contributed by atoms with van der Waals surface area (Å²) in [4.78, 5) is 2.49. The van der Waals surface area contributed by atoms with Crippen LogP contribution < -0.4 is 5.73 Å². The third-order valence-electron chi connectivity index (χ3n) is 4.32. The zero-order valence-corrected chi connectivity index (χ0v) is 12.3. The van der Waals surface area contributed by atoms with Gasteiger partial charge in [0.2, 0.25) is 0 Å². The van der Waals surface area contributed by atoms with Crippen molar-refractivity contribution in [1.82, 2.24) is 4.90 Å². The number of nitrogens with two attached hydrogens (primary N) is 1. The average Bonchev–Trinajstić information content (AvgIpc) is 2.25. The highest BCUT2D eigenvalue weighted by atomic mass is 15.1. The Morgan fingerprint density at radius 3 is 2.59 bits per heavy atom. The molecule has 0 aromatic carbocycles. The van der Waals surface area contributed by atoms with Crippen LogP contribution in [0.25, 0.3) is 0 Å². The maximum absolute atomic E-state index is 6.09. The Morgan fingerprint density at radius 1 is 1.29 bits per heavy atom. The molecule has 102 valence electrons. The summed E-state index contributed by atoms with van der Waals surface area (Å²) in [6.45, 7) is 9.27. The highest BCUT2D eigenvalue weighted by Gasteiger charge is 2.20. The second-order valence-electron chi connectivity index (χ2n) is 6.60. The number of hydrogen-bond donors (Lipinski definition) is 1. The number of rotatable bonds is 6. The van der Waals surface area contributed by atoms with Crippen LogP contribution in [-0.4, -0.2) is 31.1 Å². The van der Waals surface area contributed by atoms with Gasteiger partial charge in [0.15, 0.2) is 0 Å². The maximum Gasteiger partial charge on any atom is 0.00740 e. The number of nitrogens with zero attached hydrogens (tertiary/aromatic N) is 1. The van der Waals surface area contributed by atoms with Gasteiger partial charge in [-0.05, 0) is 50.6 Å². The van der Waals surface area contributed by atoms with Crippen molar-refractivity contribution < 1.29 is 0 Å². The minimum atomic E-state index is 0.364. The van der Waals surface area contributed by atoms with Crippen molar-refractivity contribution in [1.29, 1.82) is 0 Å². The fourth-order valence-corrected chi connectivity index (χ4v) is 2.96. The van der Waals surface area contributed by atoms with Crippen molar-refractivity contribution in [3.8, 4) is 0 Å². The van der Waals surface area contributed by atoms with Crippen molar-refractivity contribution >= 4 is 0 Å². The molecule has 0 heterocycles. The topological polar surface area (TPSA) is 29.3 Å². The van der Waals surface area contributed by atoms with Crippen LogP contribution in [0.4, 0.5) is 0 Å². The van der Waals surface area contributed by atoms with Crippen molar-refractivity contribution in [2.75, 3.05) is 20.1 Å². The Morgan fingerprint density at radius 2 is 2.00 bits per heavy atom. The predicted molar refractivity (Wildman–Crippen MR) is 76.0 cm³/mol. The van der Waals surface area contributed by atoms with Gasteiger partial charge >= 0.3 is 0 Å². The fraction of sp³-hybridized carbons (Fsp3) is 1.00. The Labute approximate surface area is 108 Å². The summed E-state index contributed by atoms with van der Waals surface area (Å²) in [6, 6.07) is 0.364. The van der Waals surface area contributed by atoms with E-state index >= 15 is 0 Å². The van der Waals surface area contributed by atoms with Crippen molar-refractivity contribution in [2.45, 2.75) is 58.9 Å². The molecule has 1 aliphatic rings. The van der Waals surface area contributed by atoms with Crippen LogP contribution in [-0.2, 0) is 0 Å². The molecular weight excluding hydrogens is 208 g/mol. The summed E-state index contributed by atoms with van der Waals surface area (Å²) in [7, 11) is 2.26. The smallest absolute Gasteiger partial charge is 0.00740 e. The van der Waals surface area contributed by atoms with Crippen LogP contribution in [0.5, 0.6) is 0 Å². The first kappa shape index (κ1) is 15.0. The molecule has 1 rings (SSSR count). The van der Waals surface area contributed by atoms with Crippen LogP contribution >= 0.6 is 0 Å². The van der Waals surface area contributed by atoms with E-state index in [0.29, 0.717) is 12.0 Å². The van der Waals surface area contributed by atoms with Gasteiger partial charge in [0.1, 0.15) is 0 Å². The molecule has 3 unspecified atom stereocenters. The first-order chi connectivity index (χ1) is 7.99. The van der Waals surface area contributed by atoms with E-state index in [9.17, 15) is 0 Å². The van der Waals surface area contributed by atoms with Gasteiger partial charge in [-0.25, -0.2) is 0 Å². The molecule has 1 saturated carbocycles. The molecule has 0 spiro atoms. The number of hydrogen-bond acceptors (Lipinski definition) is 2. The summed E-state index contributed by atoms with van der Waals surface area (Å²) in [5, 5.41) is 0. The Bertz CT molecular complexity index is 203. The molecule has 1 aliphatic carbocycles. The largest absolute Gasteiger partial charge is 0.327 e. The van der Waals surface area contributed by atoms with E-state index < -0.39 is 0 Å². The summed E-state index contributed by atoms with van der Waals surface area (Å²) >= 11 is 0. The Kier molecular flexibility index (Phi) is 6.50. The van der Waals surface area contributed by atoms with E-state index in [2.05, 4.69) is 32.7 Å². The van der Waals surface area contributed by atoms with Gasteiger partial charge in [0, 0.05) is 12.6 Å². The van der Waals surface area contributed by atoms with Gasteiger partial charge in [0.05, 0.1) is 0 Å². The molecule has 0 aliphatic heterocycles. The zero-order valence-electron chi connectivity index (χ0n) is 12.3. The lowest BCUT2D eigenvalue weighted by Crippen LogP contribution is -2.34. The summed E-state index contributed by atoms with van der Waals surface area (Å²) < 4.78 is 0. The lowest BCUT2D eigenvalue weighted by molar-refractivity contribution is 0.197. The molecule has 0 aromatic rings. The molecule has 0 bridgehead atoms. The Hall–Kier alpha value is -0.0800. The molecular formula is C15H32N2. The van der Waals surface area contributed by atoms with E-state index in [1.165, 1.54) is 32.2 Å². The minimum Gasteiger partial charge on any atom is -0.327 e. The van der Waals surface area contributed by atoms with Crippen LogP contribution in [0.1, 0.15) is 52.9 Å². The first-order valence-corrected chi connectivity index (χ1v) is 7.43. The van der Waals surface area contributed by atoms with E-state index in [4.69, 9.17) is 5.73 Å². The standard InChI is InChI=1S/C15H32N2/c1-12(2)15(16)8-9-17(4)11-14-7-5-6-13(3)10-14/h12-15H,5-11,16H2,1-4H3. The van der Waals surface area contributed by atoms with Crippen LogP contribution in [0, 0.1) is 17.8 Å². The maximum atomic E-state index is 6.09. The average molecular weight is 240 g/mol. The molecule has 0 saturated heterocycles. The minimum absolute atomic E-state index is 0.364. The van der Waals surface area contributed by atoms with Gasteiger partial charge < -0.3 is 10.6 Å². The normalized spacial score (nSPS) is 27.7. The van der Waals surface area contributed by atoms with Gasteiger partial charge in [-0.3, -0.25) is 0 Å². The molecule has 2 N–H and O–H groups in total. The zero-order chi connectivity index (χ0) is 12.8. The van der Waals surface area contributed by atoms with Gasteiger partial charge in [0.25, 0.3) is 0 Å². The van der Waals surface area contributed by atoms with Crippen molar-refractivity contribution in [3.63, 3.8) is 0 Å². The second kappa shape index (κ2) is 7.38. The lowest BCUT2D eigenvalue weighted by Gasteiger charge is -2.31. The molecule has 2 heteroatoms. The van der Waals surface area contributed by atoms with E-state index in [1.54, 1.807) is 0 Å². The molecule has 17 heavy (non-hydrogen) atoms. The third-order valence-corrected chi connectivity index (χ3v) is 4.32. The molecule has 0 amide bonds. The molecule has 0 aromatic heterocycles. The van der Waals surface area contributed by atoms with Crippen molar-refractivity contribution in [3.05, 3.63) is 0 Å². The third kappa shape index (κ3) is 5.87. The lowest BCUT2D eigenvalue weighted by atomic mass is 9.82. The molecule has 3 atom stereocenters. The predicted octanol–water partition coefficient (Wildman–Crippen LogP) is 3.12. The first-order valence-electron chi connectivity index (χ1n) is 7.43. The van der Waals surface area contributed by atoms with Gasteiger partial charge in [-0.1, -0.05) is 33.6 Å². The Balaban J connectivity index is 2.17. The second-order valence-corrected chi connectivity index (χ2v) is 6.60. The fourth-order valence-electron chi connectivity index (χ4n) is 2.96. The molecule has 0 radical (unpaired) electrons. The van der Waals surface area contributed by atoms with E-state index in [1.807, 2.05) is 0 Å². The van der Waals surface area contributed by atoms with Crippen LogP contribution in [0.2, 0.25) is 0 Å². The molecule has 1 fully saturated rings. The van der Waals surface area contributed by atoms with E-state index in [-0.39, 0.29) is 0 Å².